The number of para-hydroxylation sites is 1. The zero-order valence-electron chi connectivity index (χ0n) is 18.7. The van der Waals surface area contributed by atoms with Gasteiger partial charge in [-0.05, 0) is 29.5 Å². The van der Waals surface area contributed by atoms with Crippen LogP contribution in [0.4, 0.5) is 4.79 Å². The number of benzene rings is 2. The van der Waals surface area contributed by atoms with Gasteiger partial charge in [0.1, 0.15) is 18.7 Å². The van der Waals surface area contributed by atoms with Crippen LogP contribution in [0, 0.1) is 5.92 Å². The second-order valence-corrected chi connectivity index (χ2v) is 8.35. The minimum atomic E-state index is -1.15. The van der Waals surface area contributed by atoms with Crippen LogP contribution < -0.4 is 10.6 Å². The summed E-state index contributed by atoms with van der Waals surface area (Å²) in [5.41, 5.74) is 2.50. The Balaban J connectivity index is 1.65. The maximum absolute atomic E-state index is 12.9. The largest absolute Gasteiger partial charge is 0.480 e. The smallest absolute Gasteiger partial charge is 0.408 e. The Kier molecular flexibility index (Phi) is 8.07. The molecule has 0 bridgehead atoms. The van der Waals surface area contributed by atoms with Crippen LogP contribution in [0.2, 0.25) is 0 Å². The second kappa shape index (κ2) is 11.2. The molecule has 0 saturated carbocycles. The van der Waals surface area contributed by atoms with E-state index >= 15 is 0 Å². The number of rotatable bonds is 10. The minimum Gasteiger partial charge on any atom is -0.480 e. The number of amides is 2. The van der Waals surface area contributed by atoms with E-state index in [-0.39, 0.29) is 18.9 Å². The van der Waals surface area contributed by atoms with Crippen molar-refractivity contribution in [2.45, 2.75) is 45.4 Å². The first-order chi connectivity index (χ1) is 15.8. The molecule has 2 amide bonds. The van der Waals surface area contributed by atoms with Crippen LogP contribution in [0.15, 0.2) is 60.8 Å². The molecule has 1 heterocycles. The lowest BCUT2D eigenvalue weighted by atomic mass is 10.0. The lowest BCUT2D eigenvalue weighted by Gasteiger charge is -2.22. The van der Waals surface area contributed by atoms with Gasteiger partial charge in [-0.2, -0.15) is 0 Å². The number of hydrogen-bond acceptors (Lipinski definition) is 4. The Hall–Kier alpha value is -3.81. The van der Waals surface area contributed by atoms with E-state index < -0.39 is 30.1 Å². The Morgan fingerprint density at radius 1 is 0.970 bits per heavy atom. The third-order valence-electron chi connectivity index (χ3n) is 5.24. The maximum atomic E-state index is 12.9. The maximum Gasteiger partial charge on any atom is 0.408 e. The standard InChI is InChI=1S/C25H29N3O5/c1-16(2)12-21(28-25(32)33-15-17-8-4-3-5-9-17)23(29)27-22(24(30)31)13-18-14-26-20-11-7-6-10-19(18)20/h3-11,14,16,21-22,26H,12-13,15H2,1-2H3,(H,27,29)(H,28,32)(H,30,31). The summed E-state index contributed by atoms with van der Waals surface area (Å²) in [4.78, 5) is 40.2. The molecule has 0 aliphatic rings. The molecule has 174 valence electrons. The quantitative estimate of drug-likeness (QED) is 0.375. The molecule has 0 spiro atoms. The van der Waals surface area contributed by atoms with E-state index in [4.69, 9.17) is 4.74 Å². The number of alkyl carbamates (subject to hydrolysis) is 1. The number of H-pyrrole nitrogens is 1. The van der Waals surface area contributed by atoms with E-state index in [0.717, 1.165) is 22.0 Å². The van der Waals surface area contributed by atoms with Gasteiger partial charge in [0, 0.05) is 23.5 Å². The van der Waals surface area contributed by atoms with Crippen molar-refractivity contribution in [2.24, 2.45) is 5.92 Å². The number of fused-ring (bicyclic) bond motifs is 1. The van der Waals surface area contributed by atoms with Crippen molar-refractivity contribution in [3.05, 3.63) is 71.9 Å². The third kappa shape index (κ3) is 6.83. The van der Waals surface area contributed by atoms with E-state index in [1.165, 1.54) is 0 Å². The highest BCUT2D eigenvalue weighted by molar-refractivity contribution is 5.90. The van der Waals surface area contributed by atoms with Crippen LogP contribution in [0.3, 0.4) is 0 Å². The summed E-state index contributed by atoms with van der Waals surface area (Å²) in [5.74, 6) is -1.62. The van der Waals surface area contributed by atoms with Crippen LogP contribution in [0.5, 0.6) is 0 Å². The lowest BCUT2D eigenvalue weighted by Crippen LogP contribution is -2.52. The molecule has 0 radical (unpaired) electrons. The molecule has 0 aliphatic heterocycles. The Morgan fingerprint density at radius 2 is 1.67 bits per heavy atom. The van der Waals surface area contributed by atoms with Crippen LogP contribution in [-0.2, 0) is 27.4 Å². The number of carbonyl (C=O) groups is 3. The number of aromatic nitrogens is 1. The van der Waals surface area contributed by atoms with Gasteiger partial charge in [-0.15, -0.1) is 0 Å². The van der Waals surface area contributed by atoms with Gasteiger partial charge in [-0.1, -0.05) is 62.4 Å². The molecule has 8 heteroatoms. The van der Waals surface area contributed by atoms with Crippen LogP contribution >= 0.6 is 0 Å². The molecule has 4 N–H and O–H groups in total. The number of aromatic amines is 1. The molecule has 0 aliphatic carbocycles. The summed E-state index contributed by atoms with van der Waals surface area (Å²) in [6.07, 6.45) is 1.46. The first kappa shape index (κ1) is 23.8. The first-order valence-corrected chi connectivity index (χ1v) is 10.9. The van der Waals surface area contributed by atoms with E-state index in [0.29, 0.717) is 6.42 Å². The second-order valence-electron chi connectivity index (χ2n) is 8.35. The summed E-state index contributed by atoms with van der Waals surface area (Å²) in [5, 5.41) is 15.8. The Morgan fingerprint density at radius 3 is 2.36 bits per heavy atom. The fraction of sp³-hybridized carbons (Fsp3) is 0.320. The van der Waals surface area contributed by atoms with Crippen molar-refractivity contribution < 1.29 is 24.2 Å². The highest BCUT2D eigenvalue weighted by Gasteiger charge is 2.28. The summed E-state index contributed by atoms with van der Waals surface area (Å²) >= 11 is 0. The number of aliphatic carboxylic acids is 1. The van der Waals surface area contributed by atoms with Crippen molar-refractivity contribution in [1.29, 1.82) is 0 Å². The third-order valence-corrected chi connectivity index (χ3v) is 5.24. The molecule has 0 saturated heterocycles. The number of ether oxygens (including phenoxy) is 1. The molecule has 0 fully saturated rings. The Bertz CT molecular complexity index is 1090. The van der Waals surface area contributed by atoms with Gasteiger partial charge in [0.15, 0.2) is 0 Å². The molecule has 1 aromatic heterocycles. The predicted octanol–water partition coefficient (Wildman–Crippen LogP) is 3.62. The summed E-state index contributed by atoms with van der Waals surface area (Å²) in [6, 6.07) is 14.7. The molecule has 2 unspecified atom stereocenters. The fourth-order valence-corrected chi connectivity index (χ4v) is 3.60. The molecule has 33 heavy (non-hydrogen) atoms. The van der Waals surface area contributed by atoms with Crippen molar-refractivity contribution >= 4 is 28.9 Å². The molecule has 3 rings (SSSR count). The highest BCUT2D eigenvalue weighted by atomic mass is 16.5. The van der Waals surface area contributed by atoms with E-state index in [2.05, 4.69) is 15.6 Å². The number of hydrogen-bond donors (Lipinski definition) is 4. The van der Waals surface area contributed by atoms with Gasteiger partial charge >= 0.3 is 12.1 Å². The van der Waals surface area contributed by atoms with Gasteiger partial charge < -0.3 is 25.5 Å². The van der Waals surface area contributed by atoms with E-state index in [1.807, 2.05) is 68.4 Å². The van der Waals surface area contributed by atoms with Crippen molar-refractivity contribution in [3.8, 4) is 0 Å². The molecular formula is C25H29N3O5. The molecule has 2 aromatic carbocycles. The van der Waals surface area contributed by atoms with E-state index in [9.17, 15) is 19.5 Å². The van der Waals surface area contributed by atoms with Gasteiger partial charge in [0.05, 0.1) is 0 Å². The van der Waals surface area contributed by atoms with Gasteiger partial charge in [0.25, 0.3) is 0 Å². The van der Waals surface area contributed by atoms with Gasteiger partial charge in [-0.3, -0.25) is 4.79 Å². The number of carboxylic acid groups (broad SMARTS) is 1. The number of carboxylic acids is 1. The van der Waals surface area contributed by atoms with E-state index in [1.54, 1.807) is 6.20 Å². The number of nitrogens with one attached hydrogen (secondary N) is 3. The first-order valence-electron chi connectivity index (χ1n) is 10.9. The predicted molar refractivity (Wildman–Crippen MR) is 125 cm³/mol. The molecule has 2 atom stereocenters. The summed E-state index contributed by atoms with van der Waals surface area (Å²) in [6.45, 7) is 3.90. The topological polar surface area (TPSA) is 121 Å². The summed E-state index contributed by atoms with van der Waals surface area (Å²) < 4.78 is 5.23. The van der Waals surface area contributed by atoms with Crippen LogP contribution in [0.25, 0.3) is 10.9 Å². The molecular weight excluding hydrogens is 422 g/mol. The minimum absolute atomic E-state index is 0.0704. The highest BCUT2D eigenvalue weighted by Crippen LogP contribution is 2.19. The zero-order valence-corrected chi connectivity index (χ0v) is 18.7. The SMILES string of the molecule is CC(C)CC(NC(=O)OCc1ccccc1)C(=O)NC(Cc1c[nH]c2ccccc12)C(=O)O. The van der Waals surface area contributed by atoms with Crippen molar-refractivity contribution in [1.82, 2.24) is 15.6 Å². The van der Waals surface area contributed by atoms with Crippen molar-refractivity contribution in [2.75, 3.05) is 0 Å². The average Bonchev–Trinajstić information content (AvgIpc) is 3.20. The average molecular weight is 452 g/mol. The van der Waals surface area contributed by atoms with Gasteiger partial charge in [0.2, 0.25) is 5.91 Å². The Labute approximate surface area is 192 Å². The molecule has 3 aromatic rings. The van der Waals surface area contributed by atoms with Crippen LogP contribution in [0.1, 0.15) is 31.4 Å². The monoisotopic (exact) mass is 451 g/mol. The van der Waals surface area contributed by atoms with Crippen molar-refractivity contribution in [3.63, 3.8) is 0 Å². The normalized spacial score (nSPS) is 12.8. The van der Waals surface area contributed by atoms with Gasteiger partial charge in [-0.25, -0.2) is 9.59 Å². The lowest BCUT2D eigenvalue weighted by molar-refractivity contribution is -0.142. The molecule has 8 nitrogen and oxygen atoms in total. The number of carbonyl (C=O) groups excluding carboxylic acids is 2. The summed E-state index contributed by atoms with van der Waals surface area (Å²) in [7, 11) is 0. The van der Waals surface area contributed by atoms with Crippen LogP contribution in [-0.4, -0.2) is 40.1 Å². The fourth-order valence-electron chi connectivity index (χ4n) is 3.60. The zero-order chi connectivity index (χ0) is 23.8.